The van der Waals surface area contributed by atoms with Crippen LogP contribution < -0.4 is 15.5 Å². The summed E-state index contributed by atoms with van der Waals surface area (Å²) < 4.78 is 44.2. The van der Waals surface area contributed by atoms with Crippen molar-refractivity contribution in [2.45, 2.75) is 24.6 Å². The molecule has 1 saturated heterocycles. The molecule has 10 heteroatoms. The third kappa shape index (κ3) is 6.04. The minimum atomic E-state index is -4.38. The zero-order valence-electron chi connectivity index (χ0n) is 19.6. The molecule has 0 radical (unpaired) electrons. The molecule has 2 aliphatic rings. The highest BCUT2D eigenvalue weighted by atomic mass is 19.4. The van der Waals surface area contributed by atoms with E-state index in [1.54, 1.807) is 29.3 Å². The van der Waals surface area contributed by atoms with Crippen LogP contribution in [0.15, 0.2) is 84.9 Å². The van der Waals surface area contributed by atoms with Crippen LogP contribution >= 0.6 is 0 Å². The van der Waals surface area contributed by atoms with E-state index in [0.29, 0.717) is 54.4 Å². The Hall–Kier alpha value is -4.02. The molecular formula is C27H24F3N3O4. The van der Waals surface area contributed by atoms with E-state index in [1.807, 2.05) is 36.4 Å². The molecule has 0 unspecified atom stereocenters. The summed E-state index contributed by atoms with van der Waals surface area (Å²) in [7, 11) is 0. The molecule has 5 rings (SSSR count). The number of hydrogen-bond acceptors (Lipinski definition) is 6. The van der Waals surface area contributed by atoms with Crippen LogP contribution in [0.4, 0.5) is 23.7 Å². The van der Waals surface area contributed by atoms with Crippen molar-refractivity contribution in [2.24, 2.45) is 0 Å². The number of carbonyl (C=O) groups is 1. The number of nitrogens with zero attached hydrogens (tertiary/aromatic N) is 1. The molecule has 2 aliphatic heterocycles. The first kappa shape index (κ1) is 24.7. The molecule has 0 atom stereocenters. The van der Waals surface area contributed by atoms with E-state index in [9.17, 15) is 18.0 Å². The first-order chi connectivity index (χ1) is 17.8. The molecule has 0 aliphatic carbocycles. The topological polar surface area (TPSA) is 72.1 Å². The zero-order chi connectivity index (χ0) is 25.9. The molecule has 1 fully saturated rings. The Balaban J connectivity index is 1.11. The van der Waals surface area contributed by atoms with Gasteiger partial charge in [0.25, 0.3) is 0 Å². The number of benzene rings is 3. The number of carbonyl (C=O) groups excluding carboxylic acids is 1. The maximum Gasteiger partial charge on any atom is 0.430 e. The molecule has 3 aromatic rings. The standard InChI is InChI=1S/C27H24F3N3O4/c28-27(29,30)20-8-6-19(7-9-20)24-18-26(37-32-24)14-16-33(17-15-26)36-25(34)31-21-10-12-23(13-11-21)35-22-4-2-1-3-5-22/h1-13,18,32H,14-17H2,(H,31,34). The average Bonchev–Trinajstić information content (AvgIpc) is 3.30. The highest BCUT2D eigenvalue weighted by Gasteiger charge is 2.40. The Morgan fingerprint density at radius 3 is 2.22 bits per heavy atom. The monoisotopic (exact) mass is 511 g/mol. The summed E-state index contributed by atoms with van der Waals surface area (Å²) in [5, 5.41) is 4.25. The molecule has 0 saturated carbocycles. The fourth-order valence-electron chi connectivity index (χ4n) is 4.15. The van der Waals surface area contributed by atoms with Crippen LogP contribution in [0.5, 0.6) is 11.5 Å². The molecule has 2 heterocycles. The number of hydrogen-bond donors (Lipinski definition) is 2. The highest BCUT2D eigenvalue weighted by molar-refractivity contribution is 5.84. The van der Waals surface area contributed by atoms with Gasteiger partial charge in [-0.1, -0.05) is 30.3 Å². The summed E-state index contributed by atoms with van der Waals surface area (Å²) in [6.07, 6.45) is -2.05. The quantitative estimate of drug-likeness (QED) is 0.415. The predicted molar refractivity (Wildman–Crippen MR) is 130 cm³/mol. The van der Waals surface area contributed by atoms with Gasteiger partial charge in [0.2, 0.25) is 0 Å². The van der Waals surface area contributed by atoms with Gasteiger partial charge >= 0.3 is 12.3 Å². The van der Waals surface area contributed by atoms with E-state index in [-0.39, 0.29) is 0 Å². The lowest BCUT2D eigenvalue weighted by Crippen LogP contribution is -2.45. The van der Waals surface area contributed by atoms with Crippen molar-refractivity contribution in [3.05, 3.63) is 96.1 Å². The third-order valence-corrected chi connectivity index (χ3v) is 6.16. The second-order valence-corrected chi connectivity index (χ2v) is 8.77. The number of anilines is 1. The Bertz CT molecular complexity index is 1250. The van der Waals surface area contributed by atoms with Crippen LogP contribution in [0.25, 0.3) is 5.70 Å². The van der Waals surface area contributed by atoms with Crippen LogP contribution in [-0.4, -0.2) is 29.8 Å². The molecule has 1 amide bonds. The number of piperidine rings is 1. The maximum atomic E-state index is 12.8. The highest BCUT2D eigenvalue weighted by Crippen LogP contribution is 2.36. The number of para-hydroxylation sites is 1. The minimum absolute atomic E-state index is 0.426. The molecule has 37 heavy (non-hydrogen) atoms. The summed E-state index contributed by atoms with van der Waals surface area (Å²) in [6, 6.07) is 21.2. The van der Waals surface area contributed by atoms with Crippen molar-refractivity contribution in [3.63, 3.8) is 0 Å². The van der Waals surface area contributed by atoms with Gasteiger partial charge in [0.05, 0.1) is 11.3 Å². The molecule has 3 aromatic carbocycles. The number of rotatable bonds is 5. The van der Waals surface area contributed by atoms with Crippen molar-refractivity contribution in [1.29, 1.82) is 0 Å². The first-order valence-corrected chi connectivity index (χ1v) is 11.7. The first-order valence-electron chi connectivity index (χ1n) is 11.7. The van der Waals surface area contributed by atoms with Crippen molar-refractivity contribution in [2.75, 3.05) is 18.4 Å². The molecule has 0 aromatic heterocycles. The number of amides is 1. The van der Waals surface area contributed by atoms with Crippen molar-refractivity contribution < 1.29 is 32.4 Å². The van der Waals surface area contributed by atoms with Gasteiger partial charge in [0.15, 0.2) is 0 Å². The fraction of sp³-hybridized carbons (Fsp3) is 0.222. The van der Waals surface area contributed by atoms with E-state index in [4.69, 9.17) is 14.4 Å². The van der Waals surface area contributed by atoms with E-state index in [2.05, 4.69) is 10.8 Å². The van der Waals surface area contributed by atoms with Gasteiger partial charge in [-0.2, -0.15) is 13.2 Å². The van der Waals surface area contributed by atoms with E-state index >= 15 is 0 Å². The lowest BCUT2D eigenvalue weighted by Gasteiger charge is -2.35. The number of alkyl halides is 3. The van der Waals surface area contributed by atoms with Gasteiger partial charge in [-0.3, -0.25) is 15.6 Å². The summed E-state index contributed by atoms with van der Waals surface area (Å²) in [6.45, 7) is 0.853. The van der Waals surface area contributed by atoms with Crippen molar-refractivity contribution >= 4 is 17.5 Å². The average molecular weight is 512 g/mol. The largest absolute Gasteiger partial charge is 0.457 e. The normalized spacial score (nSPS) is 17.1. The second-order valence-electron chi connectivity index (χ2n) is 8.77. The summed E-state index contributed by atoms with van der Waals surface area (Å²) in [4.78, 5) is 23.6. The molecule has 0 bridgehead atoms. The molecule has 192 valence electrons. The van der Waals surface area contributed by atoms with Crippen molar-refractivity contribution in [3.8, 4) is 11.5 Å². The second kappa shape index (κ2) is 10.2. The Morgan fingerprint density at radius 2 is 1.57 bits per heavy atom. The van der Waals surface area contributed by atoms with Crippen LogP contribution in [0.3, 0.4) is 0 Å². The predicted octanol–water partition coefficient (Wildman–Crippen LogP) is 6.37. The third-order valence-electron chi connectivity index (χ3n) is 6.16. The maximum absolute atomic E-state index is 12.8. The molecule has 2 N–H and O–H groups in total. The zero-order valence-corrected chi connectivity index (χ0v) is 19.6. The molecule has 1 spiro atoms. The number of nitrogens with one attached hydrogen (secondary N) is 2. The fourth-order valence-corrected chi connectivity index (χ4v) is 4.15. The van der Waals surface area contributed by atoms with Gasteiger partial charge in [-0.25, -0.2) is 4.79 Å². The minimum Gasteiger partial charge on any atom is -0.457 e. The van der Waals surface area contributed by atoms with E-state index in [1.165, 1.54) is 12.1 Å². The van der Waals surface area contributed by atoms with Gasteiger partial charge in [0.1, 0.15) is 17.1 Å². The summed E-state index contributed by atoms with van der Waals surface area (Å²) in [5.74, 6) is 1.36. The van der Waals surface area contributed by atoms with Crippen LogP contribution in [0.1, 0.15) is 24.0 Å². The van der Waals surface area contributed by atoms with Crippen LogP contribution in [0, 0.1) is 0 Å². The van der Waals surface area contributed by atoms with Gasteiger partial charge < -0.3 is 9.57 Å². The SMILES string of the molecule is O=C(Nc1ccc(Oc2ccccc2)cc1)ON1CCC2(C=C(c3ccc(C(F)(F)F)cc3)NO2)CC1. The summed E-state index contributed by atoms with van der Waals surface area (Å²) in [5.41, 5.74) is 3.28. The summed E-state index contributed by atoms with van der Waals surface area (Å²) >= 11 is 0. The van der Waals surface area contributed by atoms with E-state index < -0.39 is 23.4 Å². The smallest absolute Gasteiger partial charge is 0.430 e. The van der Waals surface area contributed by atoms with E-state index in [0.717, 1.165) is 12.1 Å². The lowest BCUT2D eigenvalue weighted by molar-refractivity contribution is -0.153. The Kier molecular flexibility index (Phi) is 6.77. The Morgan fingerprint density at radius 1 is 0.919 bits per heavy atom. The molecule has 7 nitrogen and oxygen atoms in total. The van der Waals surface area contributed by atoms with Gasteiger partial charge in [0, 0.05) is 18.8 Å². The Labute approximate surface area is 211 Å². The van der Waals surface area contributed by atoms with Crippen LogP contribution in [0.2, 0.25) is 0 Å². The van der Waals surface area contributed by atoms with Gasteiger partial charge in [-0.15, -0.1) is 5.06 Å². The van der Waals surface area contributed by atoms with Gasteiger partial charge in [-0.05, 0) is 73.0 Å². The molecular weight excluding hydrogens is 487 g/mol. The van der Waals surface area contributed by atoms with Crippen LogP contribution in [-0.2, 0) is 15.9 Å². The number of ether oxygens (including phenoxy) is 1. The number of hydroxylamine groups is 3. The van der Waals surface area contributed by atoms with Crippen molar-refractivity contribution in [1.82, 2.24) is 10.5 Å². The number of halogens is 3. The lowest BCUT2D eigenvalue weighted by atomic mass is 9.91.